The molecule has 2 rings (SSSR count). The fourth-order valence-corrected chi connectivity index (χ4v) is 2.90. The fourth-order valence-electron chi connectivity index (χ4n) is 1.79. The lowest BCUT2D eigenvalue weighted by molar-refractivity contribution is -0.133. The Hall–Kier alpha value is -1.05. The van der Waals surface area contributed by atoms with Crippen LogP contribution in [0, 0.1) is 0 Å². The molecule has 0 saturated carbocycles. The quantitative estimate of drug-likeness (QED) is 0.760. The molecular formula is C13H13BrClN3O2S. The zero-order chi connectivity index (χ0) is 15.4. The van der Waals surface area contributed by atoms with Gasteiger partial charge >= 0.3 is 5.97 Å². The van der Waals surface area contributed by atoms with E-state index in [1.807, 2.05) is 16.7 Å². The first-order valence-corrected chi connectivity index (χ1v) is 8.43. The van der Waals surface area contributed by atoms with Crippen LogP contribution in [0.15, 0.2) is 27.8 Å². The van der Waals surface area contributed by atoms with E-state index in [4.69, 9.17) is 16.7 Å². The van der Waals surface area contributed by atoms with Gasteiger partial charge in [0.15, 0.2) is 5.16 Å². The molecule has 0 bridgehead atoms. The van der Waals surface area contributed by atoms with Crippen LogP contribution >= 0.6 is 39.3 Å². The maximum Gasteiger partial charge on any atom is 0.313 e. The van der Waals surface area contributed by atoms with Crippen LogP contribution in [0.1, 0.15) is 19.2 Å². The number of carboxylic acid groups (broad SMARTS) is 1. The highest BCUT2D eigenvalue weighted by atomic mass is 79.9. The molecule has 1 N–H and O–H groups in total. The summed E-state index contributed by atoms with van der Waals surface area (Å²) < 4.78 is 2.66. The lowest BCUT2D eigenvalue weighted by atomic mass is 10.3. The minimum absolute atomic E-state index is 0.0610. The fraction of sp³-hybridized carbons (Fsp3) is 0.308. The zero-order valence-electron chi connectivity index (χ0n) is 11.2. The van der Waals surface area contributed by atoms with Crippen LogP contribution in [0.5, 0.6) is 0 Å². The van der Waals surface area contributed by atoms with Crippen molar-refractivity contribution < 1.29 is 9.90 Å². The van der Waals surface area contributed by atoms with Crippen LogP contribution in [0.4, 0.5) is 0 Å². The summed E-state index contributed by atoms with van der Waals surface area (Å²) in [6, 6.07) is 5.54. The van der Waals surface area contributed by atoms with Gasteiger partial charge < -0.3 is 5.11 Å². The number of benzene rings is 1. The normalized spacial score (nSPS) is 10.8. The van der Waals surface area contributed by atoms with Gasteiger partial charge in [-0.15, -0.1) is 10.2 Å². The van der Waals surface area contributed by atoms with Gasteiger partial charge in [0.2, 0.25) is 0 Å². The number of halogens is 2. The second-order valence-electron chi connectivity index (χ2n) is 4.27. The van der Waals surface area contributed by atoms with Crippen LogP contribution in [-0.2, 0) is 11.2 Å². The lowest BCUT2D eigenvalue weighted by Gasteiger charge is -2.10. The van der Waals surface area contributed by atoms with Gasteiger partial charge in [0.05, 0.1) is 16.5 Å². The van der Waals surface area contributed by atoms with E-state index in [0.29, 0.717) is 10.2 Å². The van der Waals surface area contributed by atoms with E-state index in [9.17, 15) is 4.79 Å². The number of carboxylic acids is 1. The maximum absolute atomic E-state index is 10.7. The average Bonchev–Trinajstić information content (AvgIpc) is 2.83. The Balaban J connectivity index is 2.44. The van der Waals surface area contributed by atoms with Crippen molar-refractivity contribution in [3.05, 3.63) is 33.5 Å². The van der Waals surface area contributed by atoms with Gasteiger partial charge in [-0.2, -0.15) is 0 Å². The minimum Gasteiger partial charge on any atom is -0.481 e. The maximum atomic E-state index is 10.7. The third-order valence-electron chi connectivity index (χ3n) is 2.66. The number of carbonyl (C=O) groups is 1. The number of rotatable bonds is 6. The predicted molar refractivity (Wildman–Crippen MR) is 86.4 cm³/mol. The van der Waals surface area contributed by atoms with E-state index in [2.05, 4.69) is 33.1 Å². The molecule has 0 unspecified atom stereocenters. The van der Waals surface area contributed by atoms with E-state index in [1.54, 1.807) is 6.07 Å². The van der Waals surface area contributed by atoms with Crippen LogP contribution < -0.4 is 0 Å². The number of aryl methyl sites for hydroxylation is 1. The molecule has 5 nitrogen and oxygen atoms in total. The third kappa shape index (κ3) is 3.99. The van der Waals surface area contributed by atoms with Crippen LogP contribution in [0.3, 0.4) is 0 Å². The molecule has 1 aromatic heterocycles. The summed E-state index contributed by atoms with van der Waals surface area (Å²) >= 11 is 10.6. The number of thioether (sulfide) groups is 1. The molecule has 0 aliphatic carbocycles. The molecule has 0 spiro atoms. The van der Waals surface area contributed by atoms with Gasteiger partial charge in [-0.05, 0) is 40.5 Å². The van der Waals surface area contributed by atoms with E-state index in [1.165, 1.54) is 0 Å². The standard InChI is InChI=1S/C13H13BrClN3O2S/c1-2-3-11-16-17-13(21-7-12(19)20)18(11)8-4-5-9(14)10(15)6-8/h4-6H,2-3,7H2,1H3,(H,19,20). The van der Waals surface area contributed by atoms with Crippen molar-refractivity contribution in [2.45, 2.75) is 24.9 Å². The highest BCUT2D eigenvalue weighted by molar-refractivity contribution is 9.10. The molecule has 112 valence electrons. The minimum atomic E-state index is -0.888. The van der Waals surface area contributed by atoms with Crippen LogP contribution in [0.25, 0.3) is 5.69 Å². The Bertz CT molecular complexity index is 663. The van der Waals surface area contributed by atoms with E-state index < -0.39 is 5.97 Å². The first kappa shape index (κ1) is 16.3. The van der Waals surface area contributed by atoms with Gasteiger partial charge in [-0.25, -0.2) is 0 Å². The van der Waals surface area contributed by atoms with E-state index >= 15 is 0 Å². The van der Waals surface area contributed by atoms with Crippen molar-refractivity contribution in [3.63, 3.8) is 0 Å². The van der Waals surface area contributed by atoms with Crippen molar-refractivity contribution in [1.29, 1.82) is 0 Å². The smallest absolute Gasteiger partial charge is 0.313 e. The number of hydrogen-bond donors (Lipinski definition) is 1. The second-order valence-corrected chi connectivity index (χ2v) is 6.47. The monoisotopic (exact) mass is 389 g/mol. The molecule has 2 aromatic rings. The summed E-state index contributed by atoms with van der Waals surface area (Å²) in [5, 5.41) is 18.2. The van der Waals surface area contributed by atoms with E-state index in [0.717, 1.165) is 40.6 Å². The average molecular weight is 391 g/mol. The molecule has 8 heteroatoms. The molecule has 0 aliphatic heterocycles. The molecule has 0 saturated heterocycles. The summed E-state index contributed by atoms with van der Waals surface area (Å²) in [5.41, 5.74) is 0.824. The molecular weight excluding hydrogens is 378 g/mol. The van der Waals surface area contributed by atoms with E-state index in [-0.39, 0.29) is 5.75 Å². The van der Waals surface area contributed by atoms with Gasteiger partial charge in [-0.3, -0.25) is 9.36 Å². The molecule has 1 aromatic carbocycles. The highest BCUT2D eigenvalue weighted by Gasteiger charge is 2.15. The van der Waals surface area contributed by atoms with Gasteiger partial charge in [-0.1, -0.05) is 30.3 Å². The van der Waals surface area contributed by atoms with Crippen molar-refractivity contribution >= 4 is 45.3 Å². The second kappa shape index (κ2) is 7.29. The number of aromatic nitrogens is 3. The molecule has 21 heavy (non-hydrogen) atoms. The van der Waals surface area contributed by atoms with Crippen molar-refractivity contribution in [3.8, 4) is 5.69 Å². The number of aliphatic carboxylic acids is 1. The molecule has 0 aliphatic rings. The van der Waals surface area contributed by atoms with Gasteiger partial charge in [0, 0.05) is 10.9 Å². The topological polar surface area (TPSA) is 68.0 Å². The summed E-state index contributed by atoms with van der Waals surface area (Å²) in [6.45, 7) is 2.05. The Labute approximate surface area is 139 Å². The summed E-state index contributed by atoms with van der Waals surface area (Å²) in [7, 11) is 0. The van der Waals surface area contributed by atoms with Gasteiger partial charge in [0.25, 0.3) is 0 Å². The largest absolute Gasteiger partial charge is 0.481 e. The lowest BCUT2D eigenvalue weighted by Crippen LogP contribution is -2.05. The zero-order valence-corrected chi connectivity index (χ0v) is 14.4. The summed E-state index contributed by atoms with van der Waals surface area (Å²) in [6.07, 6.45) is 1.68. The molecule has 0 fully saturated rings. The van der Waals surface area contributed by atoms with Crippen molar-refractivity contribution in [1.82, 2.24) is 14.8 Å². The Morgan fingerprint density at radius 3 is 2.86 bits per heavy atom. The molecule has 1 heterocycles. The first-order valence-electron chi connectivity index (χ1n) is 6.27. The molecule has 0 radical (unpaired) electrons. The van der Waals surface area contributed by atoms with Crippen LogP contribution in [-0.4, -0.2) is 31.6 Å². The highest BCUT2D eigenvalue weighted by Crippen LogP contribution is 2.28. The number of hydrogen-bond acceptors (Lipinski definition) is 4. The Morgan fingerprint density at radius 2 is 2.24 bits per heavy atom. The summed E-state index contributed by atoms with van der Waals surface area (Å²) in [5.74, 6) is -0.154. The van der Waals surface area contributed by atoms with Crippen molar-refractivity contribution in [2.75, 3.05) is 5.75 Å². The third-order valence-corrected chi connectivity index (χ3v) is 4.81. The van der Waals surface area contributed by atoms with Gasteiger partial charge in [0.1, 0.15) is 5.82 Å². The molecule has 0 amide bonds. The predicted octanol–water partition coefficient (Wildman–Crippen LogP) is 3.81. The Kier molecular flexibility index (Phi) is 5.66. The Morgan fingerprint density at radius 1 is 1.48 bits per heavy atom. The van der Waals surface area contributed by atoms with Crippen LogP contribution in [0.2, 0.25) is 5.02 Å². The van der Waals surface area contributed by atoms with Crippen molar-refractivity contribution in [2.24, 2.45) is 0 Å². The molecule has 0 atom stereocenters. The summed E-state index contributed by atoms with van der Waals surface area (Å²) in [4.78, 5) is 10.7. The SMILES string of the molecule is CCCc1nnc(SCC(=O)O)n1-c1ccc(Br)c(Cl)c1. The number of nitrogens with zero attached hydrogens (tertiary/aromatic N) is 3. The first-order chi connectivity index (χ1) is 10.0.